The van der Waals surface area contributed by atoms with Gasteiger partial charge in [0, 0.05) is 32.1 Å². The van der Waals surface area contributed by atoms with Crippen molar-refractivity contribution in [3.8, 4) is 0 Å². The van der Waals surface area contributed by atoms with Crippen molar-refractivity contribution in [3.05, 3.63) is 16.0 Å². The summed E-state index contributed by atoms with van der Waals surface area (Å²) in [4.78, 5) is 26.1. The van der Waals surface area contributed by atoms with Gasteiger partial charge in [-0.25, -0.2) is 4.98 Å². The number of nitrogens with one attached hydrogen (secondary N) is 1. The fourth-order valence-corrected chi connectivity index (χ4v) is 5.23. The number of piperidine rings is 1. The van der Waals surface area contributed by atoms with E-state index < -0.39 is 0 Å². The van der Waals surface area contributed by atoms with Gasteiger partial charge in [-0.1, -0.05) is 46.5 Å². The van der Waals surface area contributed by atoms with Crippen molar-refractivity contribution >= 4 is 17.0 Å². The second-order valence-electron chi connectivity index (χ2n) is 10.7. The molecule has 7 nitrogen and oxygen atoms in total. The summed E-state index contributed by atoms with van der Waals surface area (Å²) < 4.78 is 1.69. The van der Waals surface area contributed by atoms with Crippen LogP contribution in [0.25, 0.3) is 11.0 Å². The van der Waals surface area contributed by atoms with Crippen LogP contribution in [-0.2, 0) is 12.5 Å². The lowest BCUT2D eigenvalue weighted by Crippen LogP contribution is -2.41. The van der Waals surface area contributed by atoms with Crippen molar-refractivity contribution < 1.29 is 0 Å². The molecule has 1 N–H and O–H groups in total. The van der Waals surface area contributed by atoms with E-state index in [-0.39, 0.29) is 11.0 Å². The molecule has 1 aliphatic heterocycles. The van der Waals surface area contributed by atoms with Crippen LogP contribution in [0.15, 0.2) is 4.79 Å². The Labute approximate surface area is 186 Å². The highest BCUT2D eigenvalue weighted by atomic mass is 16.1. The Balaban J connectivity index is 1.65. The summed E-state index contributed by atoms with van der Waals surface area (Å²) in [6.45, 7) is 11.7. The maximum absolute atomic E-state index is 13.1. The monoisotopic (exact) mass is 428 g/mol. The first-order valence-corrected chi connectivity index (χ1v) is 12.3. The molecule has 1 aliphatic carbocycles. The topological polar surface area (TPSA) is 70.1 Å². The van der Waals surface area contributed by atoms with E-state index >= 15 is 0 Å². The fourth-order valence-electron chi connectivity index (χ4n) is 5.23. The molecular weight excluding hydrogens is 388 g/mol. The molecule has 0 atom stereocenters. The van der Waals surface area contributed by atoms with E-state index in [0.717, 1.165) is 36.8 Å². The second-order valence-corrected chi connectivity index (χ2v) is 10.7. The van der Waals surface area contributed by atoms with Crippen LogP contribution in [-0.4, -0.2) is 57.4 Å². The van der Waals surface area contributed by atoms with E-state index in [1.807, 2.05) is 7.05 Å². The number of aryl methyl sites for hydroxylation is 1. The smallest absolute Gasteiger partial charge is 0.278 e. The van der Waals surface area contributed by atoms with Gasteiger partial charge in [0.05, 0.1) is 5.69 Å². The van der Waals surface area contributed by atoms with Gasteiger partial charge in [-0.3, -0.25) is 14.5 Å². The zero-order valence-electron chi connectivity index (χ0n) is 19.9. The minimum atomic E-state index is -0.167. The van der Waals surface area contributed by atoms with Crippen molar-refractivity contribution in [2.75, 3.05) is 37.6 Å². The molecule has 2 aliphatic rings. The van der Waals surface area contributed by atoms with E-state index in [9.17, 15) is 4.79 Å². The number of aromatic nitrogens is 4. The predicted molar refractivity (Wildman–Crippen MR) is 127 cm³/mol. The molecule has 4 rings (SSSR count). The molecule has 2 fully saturated rings. The second kappa shape index (κ2) is 9.31. The summed E-state index contributed by atoms with van der Waals surface area (Å²) in [6, 6.07) is 0. The number of nitrogens with zero attached hydrogens (tertiary/aromatic N) is 5. The van der Waals surface area contributed by atoms with Crippen molar-refractivity contribution in [3.63, 3.8) is 0 Å². The minimum absolute atomic E-state index is 0.0860. The lowest BCUT2D eigenvalue weighted by molar-refractivity contribution is 0.231. The van der Waals surface area contributed by atoms with Crippen LogP contribution < -0.4 is 10.5 Å². The number of likely N-dealkylation sites (tertiary alicyclic amines) is 1. The maximum atomic E-state index is 13.1. The van der Waals surface area contributed by atoms with Crippen molar-refractivity contribution in [1.29, 1.82) is 0 Å². The van der Waals surface area contributed by atoms with Crippen molar-refractivity contribution in [1.82, 2.24) is 24.6 Å². The molecule has 7 heteroatoms. The summed E-state index contributed by atoms with van der Waals surface area (Å²) in [5.41, 5.74) is 1.96. The van der Waals surface area contributed by atoms with E-state index in [2.05, 4.69) is 40.7 Å². The summed E-state index contributed by atoms with van der Waals surface area (Å²) in [5, 5.41) is 4.66. The number of rotatable bonds is 6. The third kappa shape index (κ3) is 5.13. The first-order chi connectivity index (χ1) is 14.8. The normalized spacial score (nSPS) is 19.2. The number of hydrogen-bond donors (Lipinski definition) is 1. The van der Waals surface area contributed by atoms with E-state index in [4.69, 9.17) is 4.98 Å². The molecule has 2 aromatic heterocycles. The first kappa shape index (κ1) is 22.3. The molecule has 2 aromatic rings. The molecule has 0 bridgehead atoms. The third-order valence-corrected chi connectivity index (χ3v) is 7.03. The largest absolute Gasteiger partial charge is 0.341 e. The Morgan fingerprint density at radius 1 is 1.06 bits per heavy atom. The van der Waals surface area contributed by atoms with Gasteiger partial charge in [0.15, 0.2) is 5.52 Å². The Morgan fingerprint density at radius 2 is 1.74 bits per heavy atom. The average Bonchev–Trinajstić information content (AvgIpc) is 3.10. The predicted octanol–water partition coefficient (Wildman–Crippen LogP) is 3.83. The summed E-state index contributed by atoms with van der Waals surface area (Å²) >= 11 is 0. The summed E-state index contributed by atoms with van der Waals surface area (Å²) in [6.07, 6.45) is 10.5. The van der Waals surface area contributed by atoms with Gasteiger partial charge in [0.1, 0.15) is 5.52 Å². The average molecular weight is 429 g/mol. The third-order valence-electron chi connectivity index (χ3n) is 7.03. The van der Waals surface area contributed by atoms with Gasteiger partial charge in [-0.15, -0.1) is 0 Å². The number of hydrogen-bond acceptors (Lipinski definition) is 5. The zero-order valence-corrected chi connectivity index (χ0v) is 19.9. The van der Waals surface area contributed by atoms with Gasteiger partial charge in [0.25, 0.3) is 5.56 Å². The number of aromatic amines is 1. The molecule has 172 valence electrons. The molecule has 0 unspecified atom stereocenters. The van der Waals surface area contributed by atoms with Crippen LogP contribution in [0.5, 0.6) is 0 Å². The van der Waals surface area contributed by atoms with E-state index in [1.165, 1.54) is 64.5 Å². The van der Waals surface area contributed by atoms with E-state index in [0.29, 0.717) is 11.4 Å². The highest BCUT2D eigenvalue weighted by Gasteiger charge is 2.27. The maximum Gasteiger partial charge on any atom is 0.278 e. The molecule has 31 heavy (non-hydrogen) atoms. The number of fused-ring (bicyclic) bond motifs is 1. The highest BCUT2D eigenvalue weighted by Crippen LogP contribution is 2.29. The number of H-pyrrole nitrogens is 1. The van der Waals surface area contributed by atoms with Crippen molar-refractivity contribution in [2.24, 2.45) is 13.0 Å². The SMILES string of the molecule is Cn1nc(C(C)(C)C)c2nc(N(CCN3CCCCC3)CC3CCCCC3)[nH]c(=O)c21. The van der Waals surface area contributed by atoms with Crippen LogP contribution in [0.1, 0.15) is 77.8 Å². The molecule has 1 saturated carbocycles. The van der Waals surface area contributed by atoms with Gasteiger partial charge in [-0.2, -0.15) is 5.10 Å². The zero-order chi connectivity index (χ0) is 22.0. The van der Waals surface area contributed by atoms with Gasteiger partial charge < -0.3 is 9.80 Å². The number of anilines is 1. The van der Waals surface area contributed by atoms with Crippen LogP contribution in [0.2, 0.25) is 0 Å². The summed E-state index contributed by atoms with van der Waals surface area (Å²) in [5.74, 6) is 1.41. The van der Waals surface area contributed by atoms with E-state index in [1.54, 1.807) is 4.68 Å². The standard InChI is InChI=1S/C24H40N6O/c1-24(2,3)21-19-20(28(4)27-21)22(31)26-23(25-19)30(17-18-11-7-5-8-12-18)16-15-29-13-9-6-10-14-29/h18H,5-17H2,1-4H3,(H,25,26,31). The van der Waals surface area contributed by atoms with Crippen molar-refractivity contribution in [2.45, 2.75) is 77.6 Å². The molecule has 0 spiro atoms. The highest BCUT2D eigenvalue weighted by molar-refractivity contribution is 5.78. The van der Waals surface area contributed by atoms with Crippen LogP contribution in [0, 0.1) is 5.92 Å². The molecule has 1 saturated heterocycles. The molecule has 0 amide bonds. The Hall–Kier alpha value is -1.89. The van der Waals surface area contributed by atoms with Crippen LogP contribution in [0.4, 0.5) is 5.95 Å². The van der Waals surface area contributed by atoms with Crippen LogP contribution >= 0.6 is 0 Å². The first-order valence-electron chi connectivity index (χ1n) is 12.3. The van der Waals surface area contributed by atoms with Gasteiger partial charge in [0.2, 0.25) is 5.95 Å². The Bertz CT molecular complexity index is 928. The fraction of sp³-hybridized carbons (Fsp3) is 0.792. The lowest BCUT2D eigenvalue weighted by atomic mass is 9.89. The molecular formula is C24H40N6O. The van der Waals surface area contributed by atoms with Gasteiger partial charge in [-0.05, 0) is 44.7 Å². The summed E-state index contributed by atoms with van der Waals surface area (Å²) in [7, 11) is 1.84. The molecule has 3 heterocycles. The minimum Gasteiger partial charge on any atom is -0.341 e. The molecule has 0 radical (unpaired) electrons. The lowest BCUT2D eigenvalue weighted by Gasteiger charge is -2.33. The molecule has 0 aromatic carbocycles. The van der Waals surface area contributed by atoms with Crippen LogP contribution in [0.3, 0.4) is 0 Å². The van der Waals surface area contributed by atoms with Gasteiger partial charge >= 0.3 is 0 Å². The quantitative estimate of drug-likeness (QED) is 0.757. The Morgan fingerprint density at radius 3 is 2.42 bits per heavy atom. The Kier molecular flexibility index (Phi) is 6.70.